The Morgan fingerprint density at radius 1 is 0.710 bits per heavy atom. The summed E-state index contributed by atoms with van der Waals surface area (Å²) in [5.41, 5.74) is 0. The molecule has 0 unspecified atom stereocenters. The van der Waals surface area contributed by atoms with Crippen molar-refractivity contribution in [3.05, 3.63) is 12.2 Å². The maximum Gasteiger partial charge on any atom is 1.00 e. The number of hydrogen-bond donors (Lipinski definition) is 3. The summed E-state index contributed by atoms with van der Waals surface area (Å²) in [5, 5.41) is 35.7. The van der Waals surface area contributed by atoms with E-state index in [9.17, 15) is 9.90 Å². The second-order valence-corrected chi connectivity index (χ2v) is 7.72. The third-order valence-electron chi connectivity index (χ3n) is 4.89. The van der Waals surface area contributed by atoms with Gasteiger partial charge in [-0.25, -0.2) is 0 Å². The van der Waals surface area contributed by atoms with Crippen LogP contribution in [0.3, 0.4) is 0 Å². The number of hydrogen-bond acceptors (Lipinski definition) is 6. The quantitative estimate of drug-likeness (QED) is 0.129. The number of carbonyl (C=O) groups is 1. The van der Waals surface area contributed by atoms with Gasteiger partial charge in [-0.1, -0.05) is 70.4 Å². The molecule has 0 aromatic heterocycles. The molecule has 3 N–H and O–H groups in total. The van der Waals surface area contributed by atoms with E-state index in [1.807, 2.05) is 0 Å². The minimum Gasteiger partial charge on any atom is -0.550 e. The molecule has 7 heteroatoms. The fraction of sp³-hybridized carbons (Fsp3) is 0.875. The first-order valence-corrected chi connectivity index (χ1v) is 12.0. The van der Waals surface area contributed by atoms with Crippen molar-refractivity contribution in [1.29, 1.82) is 0 Å². The van der Waals surface area contributed by atoms with Crippen LogP contribution < -0.4 is 34.7 Å². The molecular weight excluding hydrogens is 405 g/mol. The fourth-order valence-electron chi connectivity index (χ4n) is 3.10. The molecule has 0 saturated heterocycles. The zero-order valence-electron chi connectivity index (χ0n) is 20.4. The van der Waals surface area contributed by atoms with E-state index in [1.165, 1.54) is 64.2 Å². The molecule has 0 amide bonds. The van der Waals surface area contributed by atoms with Crippen molar-refractivity contribution in [3.8, 4) is 0 Å². The summed E-state index contributed by atoms with van der Waals surface area (Å²) < 4.78 is 0. The van der Waals surface area contributed by atoms with E-state index < -0.39 is 5.97 Å². The second kappa shape index (κ2) is 32.2. The van der Waals surface area contributed by atoms with Gasteiger partial charge in [-0.15, -0.1) is 0 Å². The first-order valence-electron chi connectivity index (χ1n) is 12.0. The van der Waals surface area contributed by atoms with Crippen molar-refractivity contribution in [2.75, 3.05) is 39.5 Å². The number of carbonyl (C=O) groups excluding carboxylic acids is 1. The summed E-state index contributed by atoms with van der Waals surface area (Å²) in [6.45, 7) is 4.01. The molecule has 0 bridgehead atoms. The van der Waals surface area contributed by atoms with Gasteiger partial charge in [0.15, 0.2) is 0 Å². The van der Waals surface area contributed by atoms with Crippen LogP contribution in [0.2, 0.25) is 0 Å². The van der Waals surface area contributed by atoms with Gasteiger partial charge in [0.2, 0.25) is 0 Å². The molecule has 0 spiro atoms. The van der Waals surface area contributed by atoms with Gasteiger partial charge >= 0.3 is 29.6 Å². The van der Waals surface area contributed by atoms with Crippen LogP contribution in [-0.4, -0.2) is 65.6 Å². The van der Waals surface area contributed by atoms with Gasteiger partial charge in [0.05, 0.1) is 19.8 Å². The van der Waals surface area contributed by atoms with Crippen LogP contribution >= 0.6 is 0 Å². The first kappa shape index (κ1) is 35.6. The summed E-state index contributed by atoms with van der Waals surface area (Å²) in [6, 6.07) is 0. The summed E-state index contributed by atoms with van der Waals surface area (Å²) >= 11 is 0. The Hall–Kier alpha value is 0.0500. The van der Waals surface area contributed by atoms with E-state index in [0.717, 1.165) is 19.3 Å². The Bertz CT molecular complexity index is 356. The molecular formula is C24H48NNaO5. The summed E-state index contributed by atoms with van der Waals surface area (Å²) in [7, 11) is 0. The number of allylic oxidation sites excluding steroid dienone is 2. The number of aliphatic hydroxyl groups is 3. The zero-order chi connectivity index (χ0) is 22.7. The topological polar surface area (TPSA) is 104 Å². The second-order valence-electron chi connectivity index (χ2n) is 7.72. The van der Waals surface area contributed by atoms with E-state index in [-0.39, 0.29) is 55.8 Å². The molecule has 0 heterocycles. The van der Waals surface area contributed by atoms with E-state index in [2.05, 4.69) is 19.1 Å². The number of carboxylic acids is 1. The number of aliphatic hydroxyl groups excluding tert-OH is 3. The van der Waals surface area contributed by atoms with Crippen LogP contribution in [0, 0.1) is 0 Å². The summed E-state index contributed by atoms with van der Waals surface area (Å²) in [6.07, 6.45) is 20.9. The Balaban J connectivity index is -0.000000604. The molecule has 0 radical (unpaired) electrons. The van der Waals surface area contributed by atoms with Crippen molar-refractivity contribution in [1.82, 2.24) is 4.90 Å². The van der Waals surface area contributed by atoms with E-state index in [0.29, 0.717) is 19.6 Å². The Morgan fingerprint density at radius 3 is 1.48 bits per heavy atom. The summed E-state index contributed by atoms with van der Waals surface area (Å²) in [4.78, 5) is 12.0. The molecule has 0 aromatic rings. The minimum absolute atomic E-state index is 0. The SMILES string of the molecule is CCCCCCCC/C=C\CCCCCCCC(=O)[O-].OCCN(CCO)CCO.[Na+]. The number of rotatable bonds is 21. The largest absolute Gasteiger partial charge is 1.00 e. The molecule has 0 aliphatic heterocycles. The van der Waals surface area contributed by atoms with Gasteiger partial charge < -0.3 is 25.2 Å². The fourth-order valence-corrected chi connectivity index (χ4v) is 3.10. The van der Waals surface area contributed by atoms with Gasteiger partial charge in [0.1, 0.15) is 0 Å². The molecule has 0 aliphatic rings. The molecule has 31 heavy (non-hydrogen) atoms. The van der Waals surface area contributed by atoms with Crippen molar-refractivity contribution >= 4 is 5.97 Å². The van der Waals surface area contributed by atoms with Crippen LogP contribution in [0.5, 0.6) is 0 Å². The third kappa shape index (κ3) is 34.8. The van der Waals surface area contributed by atoms with Crippen LogP contribution in [0.15, 0.2) is 12.2 Å². The van der Waals surface area contributed by atoms with Gasteiger partial charge in [0, 0.05) is 25.6 Å². The standard InChI is InChI=1S/C18H34O2.C6H15NO3.Na/c1-2-3-4-5-6-7-8-9-10-11-12-13-14-15-16-17-18(19)20;8-4-1-7(2-5-9)3-6-10;/h9-10H,2-8,11-17H2,1H3,(H,19,20);8-10H,1-6H2;/q;;+1/p-1/b10-9-;;. The normalized spacial score (nSPS) is 10.7. The van der Waals surface area contributed by atoms with Crippen molar-refractivity contribution in [3.63, 3.8) is 0 Å². The van der Waals surface area contributed by atoms with Crippen molar-refractivity contribution < 1.29 is 54.8 Å². The maximum absolute atomic E-state index is 10.2. The molecule has 0 aromatic carbocycles. The maximum atomic E-state index is 10.2. The number of carboxylic acid groups (broad SMARTS) is 1. The van der Waals surface area contributed by atoms with E-state index >= 15 is 0 Å². The van der Waals surface area contributed by atoms with Gasteiger partial charge in [0.25, 0.3) is 0 Å². The molecule has 0 atom stereocenters. The molecule has 0 aliphatic carbocycles. The van der Waals surface area contributed by atoms with E-state index in [4.69, 9.17) is 15.3 Å². The van der Waals surface area contributed by atoms with Crippen LogP contribution in [0.25, 0.3) is 0 Å². The Labute approximate surface area is 213 Å². The van der Waals surface area contributed by atoms with Crippen LogP contribution in [-0.2, 0) is 4.79 Å². The Kier molecular flexibility index (Phi) is 37.1. The molecule has 0 rings (SSSR count). The molecule has 180 valence electrons. The van der Waals surface area contributed by atoms with Gasteiger partial charge in [-0.05, 0) is 38.5 Å². The summed E-state index contributed by atoms with van der Waals surface area (Å²) in [5.74, 6) is -0.914. The average molecular weight is 454 g/mol. The average Bonchev–Trinajstić information content (AvgIpc) is 2.72. The van der Waals surface area contributed by atoms with Gasteiger partial charge in [-0.2, -0.15) is 0 Å². The van der Waals surface area contributed by atoms with Crippen molar-refractivity contribution in [2.24, 2.45) is 0 Å². The van der Waals surface area contributed by atoms with Gasteiger partial charge in [-0.3, -0.25) is 4.90 Å². The predicted octanol–water partition coefficient (Wildman–Crippen LogP) is 0.0431. The molecule has 6 nitrogen and oxygen atoms in total. The molecule has 0 saturated carbocycles. The number of aliphatic carboxylic acids is 1. The molecule has 0 fully saturated rings. The monoisotopic (exact) mass is 453 g/mol. The van der Waals surface area contributed by atoms with E-state index in [1.54, 1.807) is 4.90 Å². The number of nitrogens with zero attached hydrogens (tertiary/aromatic N) is 1. The number of unbranched alkanes of at least 4 members (excludes halogenated alkanes) is 11. The first-order chi connectivity index (χ1) is 14.6. The van der Waals surface area contributed by atoms with Crippen molar-refractivity contribution in [2.45, 2.75) is 96.8 Å². The smallest absolute Gasteiger partial charge is 0.550 e. The van der Waals surface area contributed by atoms with Crippen LogP contribution in [0.1, 0.15) is 96.8 Å². The third-order valence-corrected chi connectivity index (χ3v) is 4.89. The zero-order valence-corrected chi connectivity index (χ0v) is 22.4. The Morgan fingerprint density at radius 2 is 1.10 bits per heavy atom. The predicted molar refractivity (Wildman–Crippen MR) is 122 cm³/mol. The van der Waals surface area contributed by atoms with Crippen LogP contribution in [0.4, 0.5) is 0 Å². The minimum atomic E-state index is -0.914.